The molecule has 2 aromatic rings. The summed E-state index contributed by atoms with van der Waals surface area (Å²) in [7, 11) is 1.45. The molecule has 180 valence electrons. The number of likely N-dealkylation sites (tertiary alicyclic amines) is 1. The lowest BCUT2D eigenvalue weighted by Gasteiger charge is -2.31. The number of methoxy groups -OCH3 is 1. The van der Waals surface area contributed by atoms with Crippen LogP contribution in [0.5, 0.6) is 11.5 Å². The lowest BCUT2D eigenvalue weighted by atomic mass is 9.94. The maximum Gasteiger partial charge on any atom is 0.295 e. The highest BCUT2D eigenvalue weighted by atomic mass is 35.5. The van der Waals surface area contributed by atoms with Gasteiger partial charge in [0, 0.05) is 6.04 Å². The Kier molecular flexibility index (Phi) is 6.89. The lowest BCUT2D eigenvalue weighted by molar-refractivity contribution is -0.141. The molecule has 4 rings (SSSR count). The number of amides is 1. The molecule has 2 fully saturated rings. The van der Waals surface area contributed by atoms with Gasteiger partial charge in [0.15, 0.2) is 0 Å². The van der Waals surface area contributed by atoms with Gasteiger partial charge < -0.3 is 19.5 Å². The number of hydrogen-bond donors (Lipinski definition) is 1. The number of aryl methyl sites for hydroxylation is 1. The zero-order valence-corrected chi connectivity index (χ0v) is 20.7. The first-order chi connectivity index (χ1) is 16.2. The largest absolute Gasteiger partial charge is 0.507 e. The van der Waals surface area contributed by atoms with Gasteiger partial charge in [-0.15, -0.1) is 0 Å². The van der Waals surface area contributed by atoms with Gasteiger partial charge in [0.2, 0.25) is 0 Å². The first kappa shape index (κ1) is 24.1. The molecule has 2 aromatic carbocycles. The number of Topliss-reactive ketones (excluding diaryl/α,β-unsaturated/α-hetero) is 1. The van der Waals surface area contributed by atoms with Crippen LogP contribution in [-0.4, -0.2) is 41.0 Å². The van der Waals surface area contributed by atoms with E-state index in [-0.39, 0.29) is 29.2 Å². The molecule has 1 heterocycles. The van der Waals surface area contributed by atoms with Crippen molar-refractivity contribution in [1.82, 2.24) is 4.90 Å². The highest BCUT2D eigenvalue weighted by molar-refractivity contribution is 6.46. The van der Waals surface area contributed by atoms with Gasteiger partial charge >= 0.3 is 0 Å². The van der Waals surface area contributed by atoms with Crippen molar-refractivity contribution in [2.75, 3.05) is 7.11 Å². The third-order valence-electron chi connectivity index (χ3n) is 6.41. The Bertz CT molecular complexity index is 1130. The minimum absolute atomic E-state index is 0.0218. The molecular weight excluding hydrogens is 454 g/mol. The van der Waals surface area contributed by atoms with Crippen LogP contribution in [-0.2, 0) is 9.59 Å². The Morgan fingerprint density at radius 1 is 1.12 bits per heavy atom. The van der Waals surface area contributed by atoms with Gasteiger partial charge in [-0.25, -0.2) is 0 Å². The standard InChI is InChI=1S/C27H30ClNO5/c1-15(2)34-19-11-9-17(10-12-19)23-22(25(31)27(32)29(23)18-7-5-6-8-18)24(30)20-13-16(3)14-21(28)26(20)33-4/h9-15,18,23,30H,5-8H2,1-4H3/b24-22+. The third kappa shape index (κ3) is 4.39. The molecule has 1 atom stereocenters. The Balaban J connectivity index is 1.89. The van der Waals surface area contributed by atoms with E-state index < -0.39 is 17.7 Å². The van der Waals surface area contributed by atoms with Crippen molar-refractivity contribution in [3.05, 3.63) is 63.7 Å². The highest BCUT2D eigenvalue weighted by Crippen LogP contribution is 2.45. The molecule has 7 heteroatoms. The normalized spacial score (nSPS) is 20.4. The van der Waals surface area contributed by atoms with Crippen LogP contribution in [0.1, 0.15) is 62.3 Å². The molecule has 2 aliphatic rings. The van der Waals surface area contributed by atoms with Gasteiger partial charge in [-0.1, -0.05) is 36.6 Å². The second-order valence-electron chi connectivity index (χ2n) is 9.21. The van der Waals surface area contributed by atoms with Crippen molar-refractivity contribution in [2.24, 2.45) is 0 Å². The fourth-order valence-corrected chi connectivity index (χ4v) is 5.35. The van der Waals surface area contributed by atoms with Crippen molar-refractivity contribution in [2.45, 2.75) is 64.6 Å². The van der Waals surface area contributed by atoms with Crippen molar-refractivity contribution in [3.8, 4) is 11.5 Å². The second kappa shape index (κ2) is 9.71. The average Bonchev–Trinajstić information content (AvgIpc) is 3.40. The number of hydrogen-bond acceptors (Lipinski definition) is 5. The number of nitrogens with zero attached hydrogens (tertiary/aromatic N) is 1. The molecule has 0 radical (unpaired) electrons. The van der Waals surface area contributed by atoms with Crippen LogP contribution in [0.15, 0.2) is 42.0 Å². The number of rotatable bonds is 6. The van der Waals surface area contributed by atoms with Crippen LogP contribution >= 0.6 is 11.6 Å². The van der Waals surface area contributed by atoms with Gasteiger partial charge in [0.05, 0.1) is 35.4 Å². The van der Waals surface area contributed by atoms with Crippen LogP contribution in [0, 0.1) is 6.92 Å². The molecule has 1 saturated carbocycles. The highest BCUT2D eigenvalue weighted by Gasteiger charge is 2.49. The van der Waals surface area contributed by atoms with E-state index >= 15 is 0 Å². The molecule has 6 nitrogen and oxygen atoms in total. The molecule has 1 amide bonds. The molecule has 1 unspecified atom stereocenters. The summed E-state index contributed by atoms with van der Waals surface area (Å²) in [6, 6.07) is 10.0. The van der Waals surface area contributed by atoms with Gasteiger partial charge in [-0.2, -0.15) is 0 Å². The molecule has 1 N–H and O–H groups in total. The van der Waals surface area contributed by atoms with E-state index in [1.54, 1.807) is 17.0 Å². The number of benzene rings is 2. The summed E-state index contributed by atoms with van der Waals surface area (Å²) in [5.74, 6) is -0.607. The zero-order valence-electron chi connectivity index (χ0n) is 19.9. The first-order valence-corrected chi connectivity index (χ1v) is 12.0. The van der Waals surface area contributed by atoms with Crippen molar-refractivity contribution in [1.29, 1.82) is 0 Å². The smallest absolute Gasteiger partial charge is 0.295 e. The molecule has 0 bridgehead atoms. The van der Waals surface area contributed by atoms with E-state index in [0.29, 0.717) is 16.3 Å². The summed E-state index contributed by atoms with van der Waals surface area (Å²) in [6.07, 6.45) is 3.69. The quantitative estimate of drug-likeness (QED) is 0.319. The Labute approximate surface area is 205 Å². The topological polar surface area (TPSA) is 76.1 Å². The number of halogens is 1. The average molecular weight is 484 g/mol. The van der Waals surface area contributed by atoms with E-state index in [1.165, 1.54) is 7.11 Å². The van der Waals surface area contributed by atoms with E-state index in [2.05, 4.69) is 0 Å². The molecule has 1 saturated heterocycles. The summed E-state index contributed by atoms with van der Waals surface area (Å²) in [5, 5.41) is 11.8. The molecule has 0 aromatic heterocycles. The minimum atomic E-state index is -0.708. The van der Waals surface area contributed by atoms with Crippen LogP contribution in [0.2, 0.25) is 5.02 Å². The van der Waals surface area contributed by atoms with Gasteiger partial charge in [0.1, 0.15) is 17.3 Å². The number of aliphatic hydroxyl groups is 1. The maximum absolute atomic E-state index is 13.3. The van der Waals surface area contributed by atoms with Crippen molar-refractivity contribution >= 4 is 29.1 Å². The fourth-order valence-electron chi connectivity index (χ4n) is 4.99. The van der Waals surface area contributed by atoms with Gasteiger partial charge in [-0.05, 0) is 69.0 Å². The predicted molar refractivity (Wildman–Crippen MR) is 131 cm³/mol. The molecule has 1 aliphatic carbocycles. The zero-order chi connectivity index (χ0) is 24.6. The van der Waals surface area contributed by atoms with Crippen LogP contribution in [0.4, 0.5) is 0 Å². The minimum Gasteiger partial charge on any atom is -0.507 e. The number of ether oxygens (including phenoxy) is 2. The predicted octanol–water partition coefficient (Wildman–Crippen LogP) is 5.81. The summed E-state index contributed by atoms with van der Waals surface area (Å²) in [5.41, 5.74) is 1.88. The molecular formula is C27H30ClNO5. The van der Waals surface area contributed by atoms with E-state index in [0.717, 1.165) is 36.8 Å². The number of aliphatic hydroxyl groups excluding tert-OH is 1. The van der Waals surface area contributed by atoms with Crippen molar-refractivity contribution < 1.29 is 24.2 Å². The third-order valence-corrected chi connectivity index (χ3v) is 6.69. The Hall–Kier alpha value is -2.99. The molecule has 0 spiro atoms. The first-order valence-electron chi connectivity index (χ1n) is 11.6. The monoisotopic (exact) mass is 483 g/mol. The summed E-state index contributed by atoms with van der Waals surface area (Å²) < 4.78 is 11.2. The Morgan fingerprint density at radius 2 is 1.76 bits per heavy atom. The van der Waals surface area contributed by atoms with Gasteiger partial charge in [0.25, 0.3) is 11.7 Å². The SMILES string of the molecule is COc1c(Cl)cc(C)cc1/C(O)=C1\C(=O)C(=O)N(C2CCCC2)C1c1ccc(OC(C)C)cc1. The van der Waals surface area contributed by atoms with Crippen LogP contribution in [0.3, 0.4) is 0 Å². The summed E-state index contributed by atoms with van der Waals surface area (Å²) in [4.78, 5) is 28.3. The number of carbonyl (C=O) groups excluding carboxylic acids is 2. The Morgan fingerprint density at radius 3 is 2.35 bits per heavy atom. The summed E-state index contributed by atoms with van der Waals surface area (Å²) in [6.45, 7) is 5.73. The summed E-state index contributed by atoms with van der Waals surface area (Å²) >= 11 is 6.36. The fraction of sp³-hybridized carbons (Fsp3) is 0.407. The maximum atomic E-state index is 13.3. The number of ketones is 1. The lowest BCUT2D eigenvalue weighted by Crippen LogP contribution is -2.37. The van der Waals surface area contributed by atoms with E-state index in [4.69, 9.17) is 21.1 Å². The molecule has 1 aliphatic heterocycles. The second-order valence-corrected chi connectivity index (χ2v) is 9.62. The van der Waals surface area contributed by atoms with E-state index in [9.17, 15) is 14.7 Å². The molecule has 34 heavy (non-hydrogen) atoms. The van der Waals surface area contributed by atoms with Crippen LogP contribution < -0.4 is 9.47 Å². The van der Waals surface area contributed by atoms with Crippen molar-refractivity contribution in [3.63, 3.8) is 0 Å². The number of carbonyl (C=O) groups is 2. The van der Waals surface area contributed by atoms with Crippen LogP contribution in [0.25, 0.3) is 5.76 Å². The van der Waals surface area contributed by atoms with Gasteiger partial charge in [-0.3, -0.25) is 9.59 Å². The van der Waals surface area contributed by atoms with E-state index in [1.807, 2.05) is 45.0 Å².